The van der Waals surface area contributed by atoms with E-state index in [-0.39, 0.29) is 17.9 Å². The Balaban J connectivity index is 1.81. The standard InChI is InChI=1S/C19H29NO3/c1-3-7-17-14(10-13-23-17)18(21)20-12-6-9-16(20)15-8-4-5-11-19(15,2)22/h10,13,15-16,22H,3-9,11-12H2,1-2H3. The molecule has 3 unspecified atom stereocenters. The Kier molecular flexibility index (Phi) is 4.81. The maximum atomic E-state index is 13.1. The molecule has 1 saturated heterocycles. The van der Waals surface area contributed by atoms with Crippen molar-refractivity contribution in [1.82, 2.24) is 4.90 Å². The number of carbonyl (C=O) groups excluding carboxylic acids is 1. The highest BCUT2D eigenvalue weighted by atomic mass is 16.3. The third-order valence-electron chi connectivity index (χ3n) is 5.72. The molecule has 128 valence electrons. The van der Waals surface area contributed by atoms with Gasteiger partial charge in [0, 0.05) is 24.9 Å². The van der Waals surface area contributed by atoms with E-state index in [0.29, 0.717) is 5.56 Å². The van der Waals surface area contributed by atoms with Crippen LogP contribution in [0, 0.1) is 5.92 Å². The van der Waals surface area contributed by atoms with Crippen molar-refractivity contribution in [3.8, 4) is 0 Å². The maximum Gasteiger partial charge on any atom is 0.257 e. The van der Waals surface area contributed by atoms with Crippen molar-refractivity contribution in [3.05, 3.63) is 23.7 Å². The molecule has 1 saturated carbocycles. The zero-order valence-corrected chi connectivity index (χ0v) is 14.4. The summed E-state index contributed by atoms with van der Waals surface area (Å²) in [6.45, 7) is 4.85. The molecule has 0 radical (unpaired) electrons. The fraction of sp³-hybridized carbons (Fsp3) is 0.737. The van der Waals surface area contributed by atoms with Crippen molar-refractivity contribution >= 4 is 5.91 Å². The monoisotopic (exact) mass is 319 g/mol. The molecule has 4 heteroatoms. The molecule has 1 aliphatic heterocycles. The Morgan fingerprint density at radius 2 is 2.22 bits per heavy atom. The van der Waals surface area contributed by atoms with E-state index in [4.69, 9.17) is 4.42 Å². The second kappa shape index (κ2) is 6.68. The van der Waals surface area contributed by atoms with E-state index in [9.17, 15) is 9.90 Å². The van der Waals surface area contributed by atoms with Gasteiger partial charge >= 0.3 is 0 Å². The van der Waals surface area contributed by atoms with E-state index < -0.39 is 5.60 Å². The smallest absolute Gasteiger partial charge is 0.257 e. The van der Waals surface area contributed by atoms with Crippen LogP contribution in [0.2, 0.25) is 0 Å². The topological polar surface area (TPSA) is 53.7 Å². The number of carbonyl (C=O) groups is 1. The van der Waals surface area contributed by atoms with Crippen molar-refractivity contribution < 1.29 is 14.3 Å². The molecule has 2 aliphatic rings. The van der Waals surface area contributed by atoms with Crippen LogP contribution in [0.5, 0.6) is 0 Å². The Bertz CT molecular complexity index is 549. The number of hydrogen-bond donors (Lipinski definition) is 1. The highest BCUT2D eigenvalue weighted by Gasteiger charge is 2.45. The molecule has 2 fully saturated rings. The van der Waals surface area contributed by atoms with E-state index in [1.807, 2.05) is 17.9 Å². The summed E-state index contributed by atoms with van der Waals surface area (Å²) < 4.78 is 5.51. The highest BCUT2D eigenvalue weighted by molar-refractivity contribution is 5.95. The van der Waals surface area contributed by atoms with Gasteiger partial charge < -0.3 is 14.4 Å². The van der Waals surface area contributed by atoms with Gasteiger partial charge in [-0.3, -0.25) is 4.79 Å². The van der Waals surface area contributed by atoms with Gasteiger partial charge in [0.2, 0.25) is 0 Å². The summed E-state index contributed by atoms with van der Waals surface area (Å²) in [5.41, 5.74) is 0.0724. The fourth-order valence-corrected chi connectivity index (χ4v) is 4.52. The predicted molar refractivity (Wildman–Crippen MR) is 89.3 cm³/mol. The van der Waals surface area contributed by atoms with Gasteiger partial charge in [-0.2, -0.15) is 0 Å². The Hall–Kier alpha value is -1.29. The molecule has 0 spiro atoms. The first-order valence-electron chi connectivity index (χ1n) is 9.14. The van der Waals surface area contributed by atoms with Crippen LogP contribution in [-0.2, 0) is 6.42 Å². The van der Waals surface area contributed by atoms with Gasteiger partial charge in [0.1, 0.15) is 5.76 Å². The van der Waals surface area contributed by atoms with Crippen molar-refractivity contribution in [1.29, 1.82) is 0 Å². The third kappa shape index (κ3) is 3.18. The summed E-state index contributed by atoms with van der Waals surface area (Å²) in [6.07, 6.45) is 9.55. The zero-order chi connectivity index (χ0) is 16.4. The van der Waals surface area contributed by atoms with Gasteiger partial charge in [-0.15, -0.1) is 0 Å². The highest BCUT2D eigenvalue weighted by Crippen LogP contribution is 2.41. The molecule has 3 rings (SSSR count). The van der Waals surface area contributed by atoms with Gasteiger partial charge in [0.05, 0.1) is 17.4 Å². The zero-order valence-electron chi connectivity index (χ0n) is 14.4. The van der Waals surface area contributed by atoms with Gasteiger partial charge in [-0.1, -0.05) is 19.8 Å². The first-order chi connectivity index (χ1) is 11.0. The number of rotatable bonds is 4. The first-order valence-corrected chi connectivity index (χ1v) is 9.14. The lowest BCUT2D eigenvalue weighted by atomic mass is 9.72. The summed E-state index contributed by atoms with van der Waals surface area (Å²) in [4.78, 5) is 15.1. The maximum absolute atomic E-state index is 13.1. The lowest BCUT2D eigenvalue weighted by molar-refractivity contribution is -0.0577. The lowest BCUT2D eigenvalue weighted by Crippen LogP contribution is -2.50. The second-order valence-corrected chi connectivity index (χ2v) is 7.43. The van der Waals surface area contributed by atoms with Gasteiger partial charge in [-0.25, -0.2) is 0 Å². The molecule has 1 amide bonds. The van der Waals surface area contributed by atoms with Crippen LogP contribution in [0.1, 0.15) is 74.9 Å². The van der Waals surface area contributed by atoms with Crippen molar-refractivity contribution in [2.75, 3.05) is 6.54 Å². The number of furan rings is 1. The molecule has 4 nitrogen and oxygen atoms in total. The molecule has 23 heavy (non-hydrogen) atoms. The van der Waals surface area contributed by atoms with E-state index in [0.717, 1.165) is 63.7 Å². The molecule has 2 heterocycles. The number of hydrogen-bond acceptors (Lipinski definition) is 3. The normalized spacial score (nSPS) is 31.5. The molecule has 1 N–H and O–H groups in total. The van der Waals surface area contributed by atoms with Crippen LogP contribution >= 0.6 is 0 Å². The van der Waals surface area contributed by atoms with Crippen LogP contribution in [-0.4, -0.2) is 34.1 Å². The van der Waals surface area contributed by atoms with Crippen LogP contribution in [0.3, 0.4) is 0 Å². The lowest BCUT2D eigenvalue weighted by Gasteiger charge is -2.43. The van der Waals surface area contributed by atoms with Crippen molar-refractivity contribution in [3.63, 3.8) is 0 Å². The summed E-state index contributed by atoms with van der Waals surface area (Å²) in [5, 5.41) is 10.8. The predicted octanol–water partition coefficient (Wildman–Crippen LogP) is 3.78. The molecule has 0 aromatic carbocycles. The van der Waals surface area contributed by atoms with E-state index >= 15 is 0 Å². The average Bonchev–Trinajstić information content (AvgIpc) is 3.15. The van der Waals surface area contributed by atoms with E-state index in [1.54, 1.807) is 6.26 Å². The minimum absolute atomic E-state index is 0.0890. The molecule has 1 aromatic rings. The first kappa shape index (κ1) is 16.6. The van der Waals surface area contributed by atoms with Crippen LogP contribution in [0.4, 0.5) is 0 Å². The number of amides is 1. The average molecular weight is 319 g/mol. The minimum atomic E-state index is -0.644. The third-order valence-corrected chi connectivity index (χ3v) is 5.72. The SMILES string of the molecule is CCCc1occc1C(=O)N1CCCC1C1CCCCC1(C)O. The van der Waals surface area contributed by atoms with Crippen LogP contribution in [0.25, 0.3) is 0 Å². The Morgan fingerprint density at radius 3 is 2.96 bits per heavy atom. The number of likely N-dealkylation sites (tertiary alicyclic amines) is 1. The summed E-state index contributed by atoms with van der Waals surface area (Å²) in [5.74, 6) is 1.09. The Labute approximate surface area is 138 Å². The largest absolute Gasteiger partial charge is 0.469 e. The van der Waals surface area contributed by atoms with Crippen molar-refractivity contribution in [2.24, 2.45) is 5.92 Å². The summed E-state index contributed by atoms with van der Waals surface area (Å²) in [6, 6.07) is 1.98. The number of aliphatic hydroxyl groups is 1. The fourth-order valence-electron chi connectivity index (χ4n) is 4.52. The van der Waals surface area contributed by atoms with E-state index in [1.165, 1.54) is 0 Å². The van der Waals surface area contributed by atoms with Gasteiger partial charge in [0.15, 0.2) is 0 Å². The summed E-state index contributed by atoms with van der Waals surface area (Å²) in [7, 11) is 0. The molecule has 3 atom stereocenters. The Morgan fingerprint density at radius 1 is 1.39 bits per heavy atom. The molecule has 1 aliphatic carbocycles. The van der Waals surface area contributed by atoms with E-state index in [2.05, 4.69) is 6.92 Å². The number of aryl methyl sites for hydroxylation is 1. The molecular formula is C19H29NO3. The van der Waals surface area contributed by atoms with Gasteiger partial charge in [0.25, 0.3) is 5.91 Å². The molecular weight excluding hydrogens is 290 g/mol. The van der Waals surface area contributed by atoms with Crippen LogP contribution in [0.15, 0.2) is 16.7 Å². The molecule has 1 aromatic heterocycles. The summed E-state index contributed by atoms with van der Waals surface area (Å²) >= 11 is 0. The second-order valence-electron chi connectivity index (χ2n) is 7.43. The van der Waals surface area contributed by atoms with Crippen LogP contribution < -0.4 is 0 Å². The molecule has 0 bridgehead atoms. The quantitative estimate of drug-likeness (QED) is 0.919. The van der Waals surface area contributed by atoms with Crippen molar-refractivity contribution in [2.45, 2.75) is 76.9 Å². The minimum Gasteiger partial charge on any atom is -0.469 e. The van der Waals surface area contributed by atoms with Gasteiger partial charge in [-0.05, 0) is 45.1 Å². The number of nitrogens with zero attached hydrogens (tertiary/aromatic N) is 1.